The van der Waals surface area contributed by atoms with Gasteiger partial charge in [0.1, 0.15) is 12.1 Å². The minimum Gasteiger partial charge on any atom is -0.406 e. The van der Waals surface area contributed by atoms with Crippen molar-refractivity contribution in [2.45, 2.75) is 13.3 Å². The minimum absolute atomic E-state index is 0.308. The van der Waals surface area contributed by atoms with Crippen molar-refractivity contribution in [1.82, 2.24) is 25.2 Å². The fourth-order valence-electron chi connectivity index (χ4n) is 2.97. The van der Waals surface area contributed by atoms with Crippen LogP contribution in [0.1, 0.15) is 11.3 Å². The summed E-state index contributed by atoms with van der Waals surface area (Å²) in [6.07, 6.45) is 0.0560. The molecule has 0 spiro atoms. The first-order valence-corrected chi connectivity index (χ1v) is 10.6. The topological polar surface area (TPSA) is 89.2 Å². The van der Waals surface area contributed by atoms with Crippen LogP contribution in [0.25, 0.3) is 17.1 Å². The quantitative estimate of drug-likeness (QED) is 0.224. The second kappa shape index (κ2) is 10.3. The molecule has 0 saturated carbocycles. The number of halogens is 3. The summed E-state index contributed by atoms with van der Waals surface area (Å²) >= 11 is 5.23. The molecule has 0 aliphatic heterocycles. The summed E-state index contributed by atoms with van der Waals surface area (Å²) in [5, 5.41) is 11.9. The number of alkyl halides is 3. The van der Waals surface area contributed by atoms with E-state index in [0.717, 1.165) is 22.5 Å². The first-order chi connectivity index (χ1) is 16.8. The Bertz CT molecular complexity index is 1340. The highest BCUT2D eigenvalue weighted by atomic mass is 32.1. The van der Waals surface area contributed by atoms with E-state index in [2.05, 4.69) is 35.6 Å². The van der Waals surface area contributed by atoms with Crippen LogP contribution in [-0.4, -0.2) is 37.4 Å². The van der Waals surface area contributed by atoms with Gasteiger partial charge in [-0.15, -0.1) is 18.3 Å². The Morgan fingerprint density at radius 1 is 1.06 bits per heavy atom. The largest absolute Gasteiger partial charge is 0.573 e. The molecule has 0 unspecified atom stereocenters. The summed E-state index contributed by atoms with van der Waals surface area (Å²) in [6, 6.07) is 16.4. The number of anilines is 1. The molecule has 12 heteroatoms. The molecule has 0 atom stereocenters. The van der Waals surface area contributed by atoms with Gasteiger partial charge < -0.3 is 10.1 Å². The predicted octanol–water partition coefficient (Wildman–Crippen LogP) is 4.86. The van der Waals surface area contributed by atoms with Gasteiger partial charge in [0.25, 0.3) is 0 Å². The normalized spacial score (nSPS) is 11.4. The van der Waals surface area contributed by atoms with Crippen molar-refractivity contribution >= 4 is 29.2 Å². The molecule has 0 amide bonds. The van der Waals surface area contributed by atoms with Crippen LogP contribution in [0, 0.1) is 6.92 Å². The van der Waals surface area contributed by atoms with Gasteiger partial charge >= 0.3 is 6.36 Å². The third-order valence-corrected chi connectivity index (χ3v) is 4.82. The molecule has 0 fully saturated rings. The lowest BCUT2D eigenvalue weighted by molar-refractivity contribution is -0.274. The van der Waals surface area contributed by atoms with Crippen LogP contribution < -0.4 is 15.5 Å². The highest BCUT2D eigenvalue weighted by Gasteiger charge is 2.31. The van der Waals surface area contributed by atoms with Crippen LogP contribution in [0.4, 0.5) is 18.9 Å². The predicted molar refractivity (Wildman–Crippen MR) is 129 cm³/mol. The maximum absolute atomic E-state index is 12.3. The molecule has 2 N–H and O–H groups in total. The van der Waals surface area contributed by atoms with Crippen LogP contribution in [-0.2, 0) is 0 Å². The van der Waals surface area contributed by atoms with E-state index in [9.17, 15) is 13.2 Å². The number of ether oxygens (including phenoxy) is 1. The number of hydrazone groups is 1. The highest BCUT2D eigenvalue weighted by molar-refractivity contribution is 7.80. The Kier molecular flexibility index (Phi) is 7.01. The van der Waals surface area contributed by atoms with Gasteiger partial charge in [0.15, 0.2) is 10.9 Å². The average Bonchev–Trinajstić information content (AvgIpc) is 3.31. The first kappa shape index (κ1) is 23.8. The average molecular weight is 498 g/mol. The number of benzene rings is 2. The monoisotopic (exact) mass is 497 g/mol. The number of hydrogen-bond acceptors (Lipinski definition) is 6. The Morgan fingerprint density at radius 2 is 1.80 bits per heavy atom. The molecule has 8 nitrogen and oxygen atoms in total. The van der Waals surface area contributed by atoms with Gasteiger partial charge in [-0.1, -0.05) is 24.3 Å². The van der Waals surface area contributed by atoms with Crippen molar-refractivity contribution in [2.75, 3.05) is 5.32 Å². The maximum atomic E-state index is 12.3. The second-order valence-corrected chi connectivity index (χ2v) is 7.55. The molecular formula is C23H18F3N7OS. The number of nitrogens with zero attached hydrogens (tertiary/aromatic N) is 5. The fraction of sp³-hybridized carbons (Fsp3) is 0.0870. The zero-order valence-electron chi connectivity index (χ0n) is 18.2. The van der Waals surface area contributed by atoms with E-state index < -0.39 is 6.36 Å². The smallest absolute Gasteiger partial charge is 0.406 e. The number of thiocarbonyl (C=S) groups is 1. The van der Waals surface area contributed by atoms with Gasteiger partial charge in [-0.3, -0.25) is 10.4 Å². The summed E-state index contributed by atoms with van der Waals surface area (Å²) in [5.74, 6) is 0.150. The summed E-state index contributed by atoms with van der Waals surface area (Å²) in [4.78, 5) is 8.46. The number of nitrogens with one attached hydrogen (secondary N) is 2. The lowest BCUT2D eigenvalue weighted by Crippen LogP contribution is -2.24. The van der Waals surface area contributed by atoms with E-state index in [-0.39, 0.29) is 5.75 Å². The maximum Gasteiger partial charge on any atom is 0.573 e. The molecule has 2 aromatic carbocycles. The lowest BCUT2D eigenvalue weighted by atomic mass is 10.1. The molecule has 0 aliphatic rings. The van der Waals surface area contributed by atoms with Crippen LogP contribution in [0.3, 0.4) is 0 Å². The lowest BCUT2D eigenvalue weighted by Gasteiger charge is -2.09. The van der Waals surface area contributed by atoms with Gasteiger partial charge in [-0.2, -0.15) is 5.10 Å². The van der Waals surface area contributed by atoms with E-state index in [1.165, 1.54) is 35.3 Å². The number of aromatic nitrogens is 4. The van der Waals surface area contributed by atoms with Crippen molar-refractivity contribution in [3.05, 3.63) is 84.4 Å². The van der Waals surface area contributed by atoms with Crippen LogP contribution in [0.5, 0.6) is 5.75 Å². The van der Waals surface area contributed by atoms with E-state index in [0.29, 0.717) is 16.6 Å². The number of rotatable bonds is 6. The summed E-state index contributed by atoms with van der Waals surface area (Å²) < 4.78 is 42.3. The van der Waals surface area contributed by atoms with Gasteiger partial charge in [0.2, 0.25) is 0 Å². The van der Waals surface area contributed by atoms with Crippen molar-refractivity contribution in [1.29, 1.82) is 0 Å². The van der Waals surface area contributed by atoms with Gasteiger partial charge in [-0.05, 0) is 61.1 Å². The van der Waals surface area contributed by atoms with Crippen LogP contribution in [0.15, 0.2) is 78.3 Å². The number of pyridine rings is 1. The summed E-state index contributed by atoms with van der Waals surface area (Å²) in [5.41, 5.74) is 6.49. The molecule has 0 aliphatic carbocycles. The van der Waals surface area contributed by atoms with E-state index in [4.69, 9.17) is 12.2 Å². The molecule has 2 aromatic heterocycles. The van der Waals surface area contributed by atoms with Crippen molar-refractivity contribution in [3.63, 3.8) is 0 Å². The summed E-state index contributed by atoms with van der Waals surface area (Å²) in [7, 11) is 0. The van der Waals surface area contributed by atoms with Crippen molar-refractivity contribution in [3.8, 4) is 22.8 Å². The Balaban J connectivity index is 1.35. The zero-order chi connectivity index (χ0) is 24.8. The van der Waals surface area contributed by atoms with Crippen molar-refractivity contribution in [2.24, 2.45) is 5.10 Å². The van der Waals surface area contributed by atoms with E-state index >= 15 is 0 Å². The molecule has 2 heterocycles. The van der Waals surface area contributed by atoms with Gasteiger partial charge in [-0.25, -0.2) is 9.67 Å². The molecule has 4 rings (SSSR count). The van der Waals surface area contributed by atoms with Gasteiger partial charge in [0.05, 0.1) is 23.3 Å². The molecular weight excluding hydrogens is 479 g/mol. The third kappa shape index (κ3) is 6.60. The molecule has 4 aromatic rings. The Hall–Kier alpha value is -4.32. The Labute approximate surface area is 203 Å². The standard InChI is InChI=1S/C23H18F3N7OS/c1-15-20(3-2-12-27-15)30-22(35)31-29-13-16-4-6-17(7-5-16)21-28-14-33(32-21)18-8-10-19(11-9-18)34-23(24,25)26/h2-14H,1H3,(H2,30,31,35). The van der Waals surface area contributed by atoms with Crippen LogP contribution >= 0.6 is 12.2 Å². The summed E-state index contributed by atoms with van der Waals surface area (Å²) in [6.45, 7) is 1.87. The Morgan fingerprint density at radius 3 is 2.49 bits per heavy atom. The van der Waals surface area contributed by atoms with Gasteiger partial charge in [0, 0.05) is 11.8 Å². The van der Waals surface area contributed by atoms with E-state index in [1.807, 2.05) is 43.3 Å². The third-order valence-electron chi connectivity index (χ3n) is 4.63. The molecule has 35 heavy (non-hydrogen) atoms. The highest BCUT2D eigenvalue weighted by Crippen LogP contribution is 2.24. The molecule has 178 valence electrons. The SMILES string of the molecule is Cc1ncccc1NC(=S)NN=Cc1ccc(-c2ncn(-c3ccc(OC(F)(F)F)cc3)n2)cc1. The molecule has 0 bridgehead atoms. The number of hydrogen-bond donors (Lipinski definition) is 2. The van der Waals surface area contributed by atoms with E-state index in [1.54, 1.807) is 12.4 Å². The minimum atomic E-state index is -4.74. The van der Waals surface area contributed by atoms with Crippen molar-refractivity contribution < 1.29 is 17.9 Å². The molecule has 0 radical (unpaired) electrons. The number of aryl methyl sites for hydroxylation is 1. The molecule has 0 saturated heterocycles. The second-order valence-electron chi connectivity index (χ2n) is 7.14. The first-order valence-electron chi connectivity index (χ1n) is 10.2. The fourth-order valence-corrected chi connectivity index (χ4v) is 3.13. The van der Waals surface area contributed by atoms with Crippen LogP contribution in [0.2, 0.25) is 0 Å². The zero-order valence-corrected chi connectivity index (χ0v) is 19.0.